The predicted molar refractivity (Wildman–Crippen MR) is 143 cm³/mol. The van der Waals surface area contributed by atoms with Gasteiger partial charge in [-0.2, -0.15) is 0 Å². The van der Waals surface area contributed by atoms with Gasteiger partial charge in [-0.3, -0.25) is 4.90 Å². The minimum Gasteiger partial charge on any atom is -0.379 e. The minimum absolute atomic E-state index is 0.0954. The summed E-state index contributed by atoms with van der Waals surface area (Å²) in [7, 11) is 4.15. The van der Waals surface area contributed by atoms with E-state index in [0.29, 0.717) is 6.04 Å². The van der Waals surface area contributed by atoms with E-state index in [9.17, 15) is 0 Å². The first kappa shape index (κ1) is 26.2. The van der Waals surface area contributed by atoms with Crippen LogP contribution >= 0.6 is 12.2 Å². The van der Waals surface area contributed by atoms with Gasteiger partial charge in [-0.05, 0) is 76.9 Å². The van der Waals surface area contributed by atoms with E-state index < -0.39 is 0 Å². The van der Waals surface area contributed by atoms with Crippen molar-refractivity contribution in [3.63, 3.8) is 0 Å². The van der Waals surface area contributed by atoms with E-state index in [0.717, 1.165) is 70.3 Å². The van der Waals surface area contributed by atoms with Gasteiger partial charge in [0.05, 0.1) is 13.2 Å². The highest BCUT2D eigenvalue weighted by atomic mass is 32.1. The number of rotatable bonds is 8. The number of ether oxygens (including phenoxy) is 1. The molecule has 3 rings (SSSR count). The zero-order valence-corrected chi connectivity index (χ0v) is 22.4. The maximum absolute atomic E-state index is 6.00. The molecule has 1 aromatic rings. The first-order valence-corrected chi connectivity index (χ1v) is 12.8. The highest BCUT2D eigenvalue weighted by Crippen LogP contribution is 2.28. The summed E-state index contributed by atoms with van der Waals surface area (Å²) in [6.45, 7) is 15.8. The van der Waals surface area contributed by atoms with Crippen molar-refractivity contribution >= 4 is 23.0 Å². The normalized spacial score (nSPS) is 20.9. The van der Waals surface area contributed by atoms with Crippen molar-refractivity contribution < 1.29 is 4.74 Å². The molecule has 2 N–H and O–H groups in total. The summed E-state index contributed by atoms with van der Waals surface area (Å²) >= 11 is 6.00. The number of morpholine rings is 1. The lowest BCUT2D eigenvalue weighted by molar-refractivity contribution is 0.0367. The van der Waals surface area contributed by atoms with Crippen molar-refractivity contribution in [3.8, 4) is 0 Å². The van der Waals surface area contributed by atoms with Crippen LogP contribution in [0.5, 0.6) is 0 Å². The Balaban J connectivity index is 1.64. The van der Waals surface area contributed by atoms with E-state index in [1.165, 1.54) is 11.3 Å². The van der Waals surface area contributed by atoms with Crippen LogP contribution in [-0.4, -0.2) is 85.5 Å². The lowest BCUT2D eigenvalue weighted by Crippen LogP contribution is -2.62. The lowest BCUT2D eigenvalue weighted by atomic mass is 9.80. The molecule has 2 saturated heterocycles. The fourth-order valence-corrected chi connectivity index (χ4v) is 5.69. The molecule has 0 aromatic heterocycles. The topological polar surface area (TPSA) is 43.0 Å². The molecule has 0 bridgehead atoms. The predicted octanol–water partition coefficient (Wildman–Crippen LogP) is 3.46. The van der Waals surface area contributed by atoms with Gasteiger partial charge >= 0.3 is 0 Å². The van der Waals surface area contributed by atoms with Crippen LogP contribution in [0.1, 0.15) is 52.5 Å². The molecule has 0 amide bonds. The van der Waals surface area contributed by atoms with E-state index in [2.05, 4.69) is 91.4 Å². The van der Waals surface area contributed by atoms with Crippen LogP contribution in [0.2, 0.25) is 0 Å². The molecule has 2 heterocycles. The molecule has 186 valence electrons. The molecule has 0 saturated carbocycles. The van der Waals surface area contributed by atoms with E-state index in [1.54, 1.807) is 0 Å². The van der Waals surface area contributed by atoms with E-state index in [1.807, 2.05) is 0 Å². The molecular weight excluding hydrogens is 430 g/mol. The number of thiocarbonyl (C=S) groups is 1. The van der Waals surface area contributed by atoms with Gasteiger partial charge in [0.15, 0.2) is 5.11 Å². The number of hydrogen-bond acceptors (Lipinski definition) is 5. The lowest BCUT2D eigenvalue weighted by Gasteiger charge is -2.47. The van der Waals surface area contributed by atoms with Crippen LogP contribution in [-0.2, 0) is 11.3 Å². The Morgan fingerprint density at radius 2 is 1.70 bits per heavy atom. The molecule has 0 atom stereocenters. The largest absolute Gasteiger partial charge is 0.379 e. The molecule has 33 heavy (non-hydrogen) atoms. The van der Waals surface area contributed by atoms with Gasteiger partial charge in [-0.15, -0.1) is 0 Å². The Bertz CT molecular complexity index is 742. The van der Waals surface area contributed by atoms with Gasteiger partial charge < -0.3 is 25.2 Å². The molecule has 2 aliphatic heterocycles. The average molecular weight is 476 g/mol. The van der Waals surface area contributed by atoms with E-state index >= 15 is 0 Å². The van der Waals surface area contributed by atoms with Gasteiger partial charge in [-0.1, -0.05) is 12.1 Å². The van der Waals surface area contributed by atoms with Crippen molar-refractivity contribution in [2.75, 3.05) is 58.4 Å². The second-order valence-electron chi connectivity index (χ2n) is 11.2. The van der Waals surface area contributed by atoms with E-state index in [-0.39, 0.29) is 11.1 Å². The molecule has 2 fully saturated rings. The Morgan fingerprint density at radius 1 is 1.09 bits per heavy atom. The first-order chi connectivity index (χ1) is 15.5. The maximum atomic E-state index is 6.00. The number of nitrogens with zero attached hydrogens (tertiary/aromatic N) is 3. The fraction of sp³-hybridized carbons (Fsp3) is 0.731. The zero-order valence-electron chi connectivity index (χ0n) is 21.6. The third-order valence-electron chi connectivity index (χ3n) is 6.64. The highest BCUT2D eigenvalue weighted by Gasteiger charge is 2.38. The minimum atomic E-state index is 0.0954. The summed E-state index contributed by atoms with van der Waals surface area (Å²) in [5.41, 5.74) is 2.70. The van der Waals surface area contributed by atoms with Crippen LogP contribution in [0.15, 0.2) is 24.3 Å². The Kier molecular flexibility index (Phi) is 9.01. The van der Waals surface area contributed by atoms with Gasteiger partial charge in [0.1, 0.15) is 0 Å². The SMILES string of the molecule is CN(C)c1ccc(CN(CCCN2CCOCC2)C(=S)NC2CC(C)(C)NC(C)(C)C2)cc1. The molecular formula is C26H45N5OS. The van der Waals surface area contributed by atoms with Gasteiger partial charge in [0, 0.05) is 69.6 Å². The molecule has 0 aliphatic carbocycles. The fourth-order valence-electron chi connectivity index (χ4n) is 5.37. The van der Waals surface area contributed by atoms with Gasteiger partial charge in [-0.25, -0.2) is 0 Å². The second kappa shape index (κ2) is 11.3. The summed E-state index contributed by atoms with van der Waals surface area (Å²) in [4.78, 5) is 7.00. The van der Waals surface area contributed by atoms with Crippen molar-refractivity contribution in [2.24, 2.45) is 0 Å². The standard InChI is InChI=1S/C26H45N5OS/c1-25(2)18-22(19-26(3,4)28-25)27-24(33)31(13-7-12-30-14-16-32-17-15-30)20-21-8-10-23(11-9-21)29(5)6/h8-11,22,28H,7,12-20H2,1-6H3,(H,27,33). The van der Waals surface area contributed by atoms with Crippen molar-refractivity contribution in [2.45, 2.75) is 70.6 Å². The number of nitrogens with one attached hydrogen (secondary N) is 2. The van der Waals surface area contributed by atoms with Crippen molar-refractivity contribution in [1.82, 2.24) is 20.4 Å². The van der Waals surface area contributed by atoms with Crippen molar-refractivity contribution in [3.05, 3.63) is 29.8 Å². The molecule has 6 nitrogen and oxygen atoms in total. The molecule has 0 unspecified atom stereocenters. The monoisotopic (exact) mass is 475 g/mol. The van der Waals surface area contributed by atoms with Crippen LogP contribution in [0.4, 0.5) is 5.69 Å². The summed E-state index contributed by atoms with van der Waals surface area (Å²) < 4.78 is 5.50. The number of anilines is 1. The maximum Gasteiger partial charge on any atom is 0.169 e. The van der Waals surface area contributed by atoms with Crippen LogP contribution in [0.25, 0.3) is 0 Å². The van der Waals surface area contributed by atoms with E-state index in [4.69, 9.17) is 17.0 Å². The number of hydrogen-bond donors (Lipinski definition) is 2. The third kappa shape index (κ3) is 8.39. The van der Waals surface area contributed by atoms with Crippen LogP contribution < -0.4 is 15.5 Å². The molecule has 2 aliphatic rings. The number of piperidine rings is 1. The van der Waals surface area contributed by atoms with Crippen LogP contribution in [0.3, 0.4) is 0 Å². The Hall–Kier alpha value is -1.41. The summed E-state index contributed by atoms with van der Waals surface area (Å²) in [5.74, 6) is 0. The summed E-state index contributed by atoms with van der Waals surface area (Å²) in [5, 5.41) is 8.40. The second-order valence-corrected chi connectivity index (χ2v) is 11.6. The molecule has 0 spiro atoms. The average Bonchev–Trinajstić information content (AvgIpc) is 2.71. The quantitative estimate of drug-likeness (QED) is 0.558. The Morgan fingerprint density at radius 3 is 2.27 bits per heavy atom. The molecule has 1 aromatic carbocycles. The molecule has 0 radical (unpaired) electrons. The Labute approximate surface area is 207 Å². The zero-order chi connectivity index (χ0) is 24.1. The smallest absolute Gasteiger partial charge is 0.169 e. The molecule has 7 heteroatoms. The summed E-state index contributed by atoms with van der Waals surface area (Å²) in [6, 6.07) is 9.21. The van der Waals surface area contributed by atoms with Crippen molar-refractivity contribution in [1.29, 1.82) is 0 Å². The van der Waals surface area contributed by atoms with Crippen LogP contribution in [0, 0.1) is 0 Å². The summed E-state index contributed by atoms with van der Waals surface area (Å²) in [6.07, 6.45) is 3.23. The highest BCUT2D eigenvalue weighted by molar-refractivity contribution is 7.80. The van der Waals surface area contributed by atoms with Gasteiger partial charge in [0.2, 0.25) is 0 Å². The van der Waals surface area contributed by atoms with Gasteiger partial charge in [0.25, 0.3) is 0 Å². The third-order valence-corrected chi connectivity index (χ3v) is 7.01. The first-order valence-electron chi connectivity index (χ1n) is 12.4. The number of benzene rings is 1.